The number of rotatable bonds is 5. The smallest absolute Gasteiger partial charge is 0.248 e. The van der Waals surface area contributed by atoms with Crippen molar-refractivity contribution in [3.05, 3.63) is 24.3 Å². The van der Waals surface area contributed by atoms with Crippen molar-refractivity contribution in [2.45, 2.75) is 33.1 Å². The molecule has 0 radical (unpaired) electrons. The zero-order valence-corrected chi connectivity index (χ0v) is 14.1. The number of carbonyl (C=O) groups is 1. The molecule has 2 aromatic heterocycles. The van der Waals surface area contributed by atoms with Crippen LogP contribution in [0.5, 0.6) is 0 Å². The molecule has 1 fully saturated rings. The van der Waals surface area contributed by atoms with Gasteiger partial charge in [-0.25, -0.2) is 9.97 Å². The van der Waals surface area contributed by atoms with Gasteiger partial charge in [-0.15, -0.1) is 5.10 Å². The van der Waals surface area contributed by atoms with E-state index in [1.807, 2.05) is 0 Å². The molecule has 8 nitrogen and oxygen atoms in total. The molecule has 0 bridgehead atoms. The van der Waals surface area contributed by atoms with Crippen LogP contribution in [-0.2, 0) is 11.2 Å². The van der Waals surface area contributed by atoms with E-state index in [-0.39, 0.29) is 11.8 Å². The van der Waals surface area contributed by atoms with Gasteiger partial charge in [-0.2, -0.15) is 4.98 Å². The SMILES string of the molecule is CC(C)Cc1nc(NC(=O)C2CCCN(c3ncccn3)C2)n[nH]1. The van der Waals surface area contributed by atoms with E-state index in [9.17, 15) is 4.79 Å². The van der Waals surface area contributed by atoms with E-state index in [0.717, 1.165) is 31.6 Å². The Kier molecular flexibility index (Phi) is 5.02. The molecule has 1 unspecified atom stereocenters. The lowest BCUT2D eigenvalue weighted by Gasteiger charge is -2.31. The molecule has 8 heteroatoms. The number of nitrogens with one attached hydrogen (secondary N) is 2. The molecule has 2 N–H and O–H groups in total. The third-order valence-electron chi connectivity index (χ3n) is 4.00. The maximum absolute atomic E-state index is 12.5. The molecule has 3 rings (SSSR count). The first-order chi connectivity index (χ1) is 11.6. The molecule has 128 valence electrons. The van der Waals surface area contributed by atoms with Gasteiger partial charge in [0.25, 0.3) is 0 Å². The number of amides is 1. The Morgan fingerprint density at radius 3 is 2.96 bits per heavy atom. The lowest BCUT2D eigenvalue weighted by atomic mass is 9.97. The molecule has 0 aromatic carbocycles. The predicted octanol–water partition coefficient (Wildman–Crippen LogP) is 1.65. The van der Waals surface area contributed by atoms with Gasteiger partial charge in [-0.1, -0.05) is 13.8 Å². The number of aromatic nitrogens is 5. The Morgan fingerprint density at radius 1 is 1.42 bits per heavy atom. The van der Waals surface area contributed by atoms with Crippen LogP contribution in [0.4, 0.5) is 11.9 Å². The Morgan fingerprint density at radius 2 is 2.21 bits per heavy atom. The topological polar surface area (TPSA) is 99.7 Å². The van der Waals surface area contributed by atoms with Crippen LogP contribution in [0.25, 0.3) is 0 Å². The lowest BCUT2D eigenvalue weighted by Crippen LogP contribution is -2.41. The van der Waals surface area contributed by atoms with Crippen LogP contribution in [0.15, 0.2) is 18.5 Å². The molecule has 1 saturated heterocycles. The second kappa shape index (κ2) is 7.37. The second-order valence-corrected chi connectivity index (χ2v) is 6.53. The van der Waals surface area contributed by atoms with Crippen molar-refractivity contribution >= 4 is 17.8 Å². The quantitative estimate of drug-likeness (QED) is 0.865. The van der Waals surface area contributed by atoms with Gasteiger partial charge in [-0.05, 0) is 24.8 Å². The number of H-pyrrole nitrogens is 1. The fourth-order valence-electron chi connectivity index (χ4n) is 2.87. The van der Waals surface area contributed by atoms with Crippen molar-refractivity contribution in [2.75, 3.05) is 23.3 Å². The summed E-state index contributed by atoms with van der Waals surface area (Å²) in [7, 11) is 0. The Labute approximate surface area is 141 Å². The zero-order valence-electron chi connectivity index (χ0n) is 14.1. The van der Waals surface area contributed by atoms with Crippen molar-refractivity contribution in [2.24, 2.45) is 11.8 Å². The fourth-order valence-corrected chi connectivity index (χ4v) is 2.87. The zero-order chi connectivity index (χ0) is 16.9. The first-order valence-corrected chi connectivity index (χ1v) is 8.36. The summed E-state index contributed by atoms with van der Waals surface area (Å²) in [4.78, 5) is 27.4. The van der Waals surface area contributed by atoms with E-state index in [4.69, 9.17) is 0 Å². The van der Waals surface area contributed by atoms with Crippen LogP contribution in [0, 0.1) is 11.8 Å². The van der Waals surface area contributed by atoms with Gasteiger partial charge >= 0.3 is 0 Å². The molecule has 24 heavy (non-hydrogen) atoms. The molecule has 0 spiro atoms. The third-order valence-corrected chi connectivity index (χ3v) is 4.00. The predicted molar refractivity (Wildman–Crippen MR) is 90.5 cm³/mol. The molecule has 1 aliphatic heterocycles. The molecule has 0 aliphatic carbocycles. The van der Waals surface area contributed by atoms with E-state index >= 15 is 0 Å². The highest BCUT2D eigenvalue weighted by Crippen LogP contribution is 2.21. The monoisotopic (exact) mass is 329 g/mol. The summed E-state index contributed by atoms with van der Waals surface area (Å²) < 4.78 is 0. The van der Waals surface area contributed by atoms with Crippen LogP contribution in [0.1, 0.15) is 32.5 Å². The Bertz CT molecular complexity index is 670. The lowest BCUT2D eigenvalue weighted by molar-refractivity contribution is -0.120. The van der Waals surface area contributed by atoms with Crippen LogP contribution in [0.2, 0.25) is 0 Å². The summed E-state index contributed by atoms with van der Waals surface area (Å²) in [6.45, 7) is 5.71. The number of hydrogen-bond donors (Lipinski definition) is 2. The average Bonchev–Trinajstić information content (AvgIpc) is 3.02. The van der Waals surface area contributed by atoms with Crippen molar-refractivity contribution in [1.29, 1.82) is 0 Å². The highest BCUT2D eigenvalue weighted by atomic mass is 16.2. The van der Waals surface area contributed by atoms with Gasteiger partial charge in [-0.3, -0.25) is 15.2 Å². The summed E-state index contributed by atoms with van der Waals surface area (Å²) in [5.74, 6) is 2.14. The van der Waals surface area contributed by atoms with E-state index < -0.39 is 0 Å². The number of hydrogen-bond acceptors (Lipinski definition) is 6. The maximum Gasteiger partial charge on any atom is 0.248 e. The van der Waals surface area contributed by atoms with E-state index in [2.05, 4.69) is 49.2 Å². The van der Waals surface area contributed by atoms with Crippen molar-refractivity contribution in [1.82, 2.24) is 25.1 Å². The Balaban J connectivity index is 1.59. The third kappa shape index (κ3) is 4.06. The molecular weight excluding hydrogens is 306 g/mol. The highest BCUT2D eigenvalue weighted by molar-refractivity contribution is 5.91. The summed E-state index contributed by atoms with van der Waals surface area (Å²) in [5, 5.41) is 9.77. The molecule has 0 saturated carbocycles. The van der Waals surface area contributed by atoms with Crippen LogP contribution in [-0.4, -0.2) is 44.1 Å². The largest absolute Gasteiger partial charge is 0.340 e. The maximum atomic E-state index is 12.5. The normalized spacial score (nSPS) is 18.0. The minimum absolute atomic E-state index is 0.0503. The number of anilines is 2. The van der Waals surface area contributed by atoms with Crippen molar-refractivity contribution in [3.63, 3.8) is 0 Å². The Hall–Kier alpha value is -2.51. The number of nitrogens with zero attached hydrogens (tertiary/aromatic N) is 5. The molecule has 3 heterocycles. The minimum Gasteiger partial charge on any atom is -0.340 e. The van der Waals surface area contributed by atoms with Crippen molar-refractivity contribution in [3.8, 4) is 0 Å². The van der Waals surface area contributed by atoms with Gasteiger partial charge in [0, 0.05) is 31.9 Å². The second-order valence-electron chi connectivity index (χ2n) is 6.53. The van der Waals surface area contributed by atoms with Gasteiger partial charge in [0.2, 0.25) is 17.8 Å². The van der Waals surface area contributed by atoms with Crippen LogP contribution in [0.3, 0.4) is 0 Å². The first kappa shape index (κ1) is 16.4. The van der Waals surface area contributed by atoms with Crippen LogP contribution < -0.4 is 10.2 Å². The molecule has 2 aromatic rings. The summed E-state index contributed by atoms with van der Waals surface area (Å²) in [6.07, 6.45) is 6.03. The molecular formula is C16H23N7O. The summed E-state index contributed by atoms with van der Waals surface area (Å²) in [5.41, 5.74) is 0. The van der Waals surface area contributed by atoms with E-state index in [1.54, 1.807) is 18.5 Å². The summed E-state index contributed by atoms with van der Waals surface area (Å²) >= 11 is 0. The average molecular weight is 329 g/mol. The molecule has 1 atom stereocenters. The highest BCUT2D eigenvalue weighted by Gasteiger charge is 2.27. The molecule has 1 amide bonds. The van der Waals surface area contributed by atoms with Gasteiger partial charge < -0.3 is 4.90 Å². The van der Waals surface area contributed by atoms with E-state index in [0.29, 0.717) is 24.4 Å². The van der Waals surface area contributed by atoms with Gasteiger partial charge in [0.1, 0.15) is 5.82 Å². The van der Waals surface area contributed by atoms with Gasteiger partial charge in [0.15, 0.2) is 0 Å². The van der Waals surface area contributed by atoms with Crippen LogP contribution >= 0.6 is 0 Å². The van der Waals surface area contributed by atoms with E-state index in [1.165, 1.54) is 0 Å². The standard InChI is InChI=1S/C16H23N7O/c1-11(2)9-13-19-15(22-21-13)20-14(24)12-5-3-8-23(10-12)16-17-6-4-7-18-16/h4,6-7,11-12H,3,5,8-10H2,1-2H3,(H2,19,20,21,22,24). The number of piperidine rings is 1. The fraction of sp³-hybridized carbons (Fsp3) is 0.562. The van der Waals surface area contributed by atoms with Gasteiger partial charge in [0.05, 0.1) is 5.92 Å². The summed E-state index contributed by atoms with van der Waals surface area (Å²) in [6, 6.07) is 1.79. The number of carbonyl (C=O) groups excluding carboxylic acids is 1. The van der Waals surface area contributed by atoms with Crippen molar-refractivity contribution < 1.29 is 4.79 Å². The minimum atomic E-state index is -0.116. The molecule has 1 aliphatic rings. The first-order valence-electron chi connectivity index (χ1n) is 8.36. The number of aromatic amines is 1.